The fraction of sp³-hybridized carbons (Fsp3) is 0.400. The second-order valence-electron chi connectivity index (χ2n) is 3.42. The average Bonchev–Trinajstić information content (AvgIpc) is 2.88. The summed E-state index contributed by atoms with van der Waals surface area (Å²) < 4.78 is 13.9. The van der Waals surface area contributed by atoms with Crippen molar-refractivity contribution >= 4 is 27.5 Å². The van der Waals surface area contributed by atoms with Crippen molar-refractivity contribution in [2.45, 2.75) is 12.3 Å². The van der Waals surface area contributed by atoms with Crippen LogP contribution in [0, 0.1) is 11.7 Å². The van der Waals surface area contributed by atoms with Crippen LogP contribution in [0.25, 0.3) is 0 Å². The van der Waals surface area contributed by atoms with Crippen molar-refractivity contribution in [3.8, 4) is 0 Å². The van der Waals surface area contributed by atoms with Crippen molar-refractivity contribution < 1.29 is 4.39 Å². The molecule has 2 unspecified atom stereocenters. The highest BCUT2D eigenvalue weighted by Gasteiger charge is 2.38. The lowest BCUT2D eigenvalue weighted by Gasteiger charge is -2.02. The molecule has 0 saturated heterocycles. The van der Waals surface area contributed by atoms with Gasteiger partial charge in [0.15, 0.2) is 0 Å². The second-order valence-corrected chi connectivity index (χ2v) is 4.59. The first kappa shape index (κ1) is 9.47. The molecule has 1 aliphatic rings. The molecule has 0 N–H and O–H groups in total. The molecule has 1 aliphatic carbocycles. The normalized spacial score (nSPS) is 26.1. The number of hydrogen-bond acceptors (Lipinski definition) is 0. The second kappa shape index (κ2) is 3.58. The molecule has 0 bridgehead atoms. The van der Waals surface area contributed by atoms with Gasteiger partial charge in [0.2, 0.25) is 0 Å². The Balaban J connectivity index is 2.25. The zero-order chi connectivity index (χ0) is 9.42. The number of rotatable bonds is 2. The van der Waals surface area contributed by atoms with Crippen LogP contribution in [0.3, 0.4) is 0 Å². The first-order chi connectivity index (χ1) is 6.22. The third-order valence-corrected chi connectivity index (χ3v) is 3.60. The van der Waals surface area contributed by atoms with Gasteiger partial charge in [-0.05, 0) is 42.0 Å². The summed E-state index contributed by atoms with van der Waals surface area (Å²) in [7, 11) is 0. The Morgan fingerprint density at radius 2 is 2.31 bits per heavy atom. The van der Waals surface area contributed by atoms with Crippen LogP contribution in [0.5, 0.6) is 0 Å². The lowest BCUT2D eigenvalue weighted by Crippen LogP contribution is -1.88. The highest BCUT2D eigenvalue weighted by Crippen LogP contribution is 2.50. The lowest BCUT2D eigenvalue weighted by atomic mass is 10.1. The predicted molar refractivity (Wildman–Crippen MR) is 55.7 cm³/mol. The molecule has 0 radical (unpaired) electrons. The maximum atomic E-state index is 12.9. The van der Waals surface area contributed by atoms with E-state index in [-0.39, 0.29) is 5.82 Å². The van der Waals surface area contributed by atoms with Crippen LogP contribution >= 0.6 is 27.5 Å². The van der Waals surface area contributed by atoms with Gasteiger partial charge in [0, 0.05) is 10.4 Å². The minimum atomic E-state index is -0.168. The largest absolute Gasteiger partial charge is 0.207 e. The summed E-state index contributed by atoms with van der Waals surface area (Å²) in [6.07, 6.45) is 1.09. The van der Waals surface area contributed by atoms with E-state index in [1.54, 1.807) is 12.1 Å². The van der Waals surface area contributed by atoms with E-state index >= 15 is 0 Å². The van der Waals surface area contributed by atoms with Crippen LogP contribution in [0.15, 0.2) is 22.7 Å². The molecule has 13 heavy (non-hydrogen) atoms. The van der Waals surface area contributed by atoms with Gasteiger partial charge in [0.1, 0.15) is 5.82 Å². The first-order valence-corrected chi connectivity index (χ1v) is 5.56. The van der Waals surface area contributed by atoms with Crippen LogP contribution in [0.1, 0.15) is 17.9 Å². The van der Waals surface area contributed by atoms with Gasteiger partial charge in [0.25, 0.3) is 0 Å². The van der Waals surface area contributed by atoms with Gasteiger partial charge in [-0.3, -0.25) is 0 Å². The van der Waals surface area contributed by atoms with Gasteiger partial charge < -0.3 is 0 Å². The molecule has 2 rings (SSSR count). The van der Waals surface area contributed by atoms with Gasteiger partial charge in [-0.2, -0.15) is 0 Å². The minimum Gasteiger partial charge on any atom is -0.207 e. The molecule has 0 aromatic heterocycles. The predicted octanol–water partition coefficient (Wildman–Crippen LogP) is 3.93. The van der Waals surface area contributed by atoms with E-state index in [1.807, 2.05) is 0 Å². The average molecular weight is 264 g/mol. The molecule has 2 atom stereocenters. The van der Waals surface area contributed by atoms with Gasteiger partial charge in [0.05, 0.1) is 0 Å². The number of alkyl halides is 1. The molecule has 1 aromatic carbocycles. The smallest absolute Gasteiger partial charge is 0.123 e. The van der Waals surface area contributed by atoms with Crippen molar-refractivity contribution in [1.29, 1.82) is 0 Å². The summed E-state index contributed by atoms with van der Waals surface area (Å²) in [5, 5.41) is 0. The van der Waals surface area contributed by atoms with Crippen molar-refractivity contribution in [2.75, 3.05) is 5.88 Å². The number of benzene rings is 1. The van der Waals surface area contributed by atoms with Crippen LogP contribution in [-0.2, 0) is 0 Å². The van der Waals surface area contributed by atoms with Crippen molar-refractivity contribution in [1.82, 2.24) is 0 Å². The maximum Gasteiger partial charge on any atom is 0.123 e. The molecule has 1 aromatic rings. The van der Waals surface area contributed by atoms with Crippen LogP contribution in [-0.4, -0.2) is 5.88 Å². The van der Waals surface area contributed by atoms with Gasteiger partial charge >= 0.3 is 0 Å². The third kappa shape index (κ3) is 1.89. The Bertz CT molecular complexity index is 327. The quantitative estimate of drug-likeness (QED) is 0.709. The zero-order valence-electron chi connectivity index (χ0n) is 6.93. The van der Waals surface area contributed by atoms with E-state index < -0.39 is 0 Å². The summed E-state index contributed by atoms with van der Waals surface area (Å²) in [6, 6.07) is 4.82. The van der Waals surface area contributed by atoms with Gasteiger partial charge in [-0.15, -0.1) is 11.6 Å². The fourth-order valence-corrected chi connectivity index (χ4v) is 2.48. The Morgan fingerprint density at radius 3 is 2.92 bits per heavy atom. The van der Waals surface area contributed by atoms with E-state index in [9.17, 15) is 4.39 Å². The molecule has 3 heteroatoms. The zero-order valence-corrected chi connectivity index (χ0v) is 9.28. The summed E-state index contributed by atoms with van der Waals surface area (Å²) in [6.45, 7) is 0. The molecule has 0 aliphatic heterocycles. The third-order valence-electron chi connectivity index (χ3n) is 2.48. The van der Waals surface area contributed by atoms with Crippen LogP contribution in [0.2, 0.25) is 0 Å². The summed E-state index contributed by atoms with van der Waals surface area (Å²) in [5.74, 6) is 1.51. The molecular weight excluding hydrogens is 254 g/mol. The molecule has 0 amide bonds. The Morgan fingerprint density at radius 1 is 1.54 bits per heavy atom. The monoisotopic (exact) mass is 262 g/mol. The first-order valence-electron chi connectivity index (χ1n) is 4.23. The number of halogens is 3. The highest BCUT2D eigenvalue weighted by atomic mass is 79.9. The Kier molecular flexibility index (Phi) is 2.61. The molecule has 0 nitrogen and oxygen atoms in total. The Hall–Kier alpha value is -0.0800. The van der Waals surface area contributed by atoms with E-state index in [2.05, 4.69) is 15.9 Å². The summed E-state index contributed by atoms with van der Waals surface area (Å²) in [5.41, 5.74) is 1.06. The fourth-order valence-electron chi connectivity index (χ4n) is 1.60. The lowest BCUT2D eigenvalue weighted by molar-refractivity contribution is 0.624. The van der Waals surface area contributed by atoms with Crippen LogP contribution in [0.4, 0.5) is 4.39 Å². The Labute approximate surface area is 90.2 Å². The molecule has 1 fully saturated rings. The standard InChI is InChI=1S/C10H9BrClF/c11-10-2-1-7(13)4-9(10)8-3-6(8)5-12/h1-2,4,6,8H,3,5H2. The number of hydrogen-bond donors (Lipinski definition) is 0. The topological polar surface area (TPSA) is 0 Å². The van der Waals surface area contributed by atoms with Gasteiger partial charge in [-0.1, -0.05) is 15.9 Å². The van der Waals surface area contributed by atoms with Crippen molar-refractivity contribution in [3.05, 3.63) is 34.1 Å². The summed E-state index contributed by atoms with van der Waals surface area (Å²) in [4.78, 5) is 0. The van der Waals surface area contributed by atoms with Crippen molar-refractivity contribution in [3.63, 3.8) is 0 Å². The molecule has 70 valence electrons. The maximum absolute atomic E-state index is 12.9. The van der Waals surface area contributed by atoms with E-state index in [0.29, 0.717) is 17.7 Å². The minimum absolute atomic E-state index is 0.168. The van der Waals surface area contributed by atoms with E-state index in [0.717, 1.165) is 16.5 Å². The van der Waals surface area contributed by atoms with E-state index in [1.165, 1.54) is 6.07 Å². The molecule has 0 spiro atoms. The van der Waals surface area contributed by atoms with E-state index in [4.69, 9.17) is 11.6 Å². The molecule has 1 saturated carbocycles. The molecular formula is C10H9BrClF. The van der Waals surface area contributed by atoms with Gasteiger partial charge in [-0.25, -0.2) is 4.39 Å². The van der Waals surface area contributed by atoms with Crippen molar-refractivity contribution in [2.24, 2.45) is 5.92 Å². The summed E-state index contributed by atoms with van der Waals surface area (Å²) >= 11 is 9.14. The highest BCUT2D eigenvalue weighted by molar-refractivity contribution is 9.10. The molecule has 0 heterocycles. The van der Waals surface area contributed by atoms with Crippen LogP contribution < -0.4 is 0 Å². The SMILES string of the molecule is Fc1ccc(Br)c(C2CC2CCl)c1.